The largest absolute Gasteiger partial charge is 0.261 e. The summed E-state index contributed by atoms with van der Waals surface area (Å²) in [6, 6.07) is 4.09. The topological polar surface area (TPSA) is 42.3 Å². The molecule has 2 unspecified atom stereocenters. The number of hydrogen-bond acceptors (Lipinski definition) is 3. The molecule has 0 spiro atoms. The molecule has 0 aliphatic carbocycles. The van der Waals surface area contributed by atoms with Crippen molar-refractivity contribution >= 4 is 9.73 Å². The van der Waals surface area contributed by atoms with E-state index in [1.807, 2.05) is 19.2 Å². The number of aromatic nitrogens is 1. The summed E-state index contributed by atoms with van der Waals surface area (Å²) in [5, 5.41) is 0.224. The van der Waals surface area contributed by atoms with E-state index in [-0.39, 0.29) is 5.25 Å². The van der Waals surface area contributed by atoms with E-state index in [2.05, 4.69) is 15.4 Å². The number of aryl methyl sites for hydroxylation is 1. The third-order valence-electron chi connectivity index (χ3n) is 3.23. The first kappa shape index (κ1) is 11.6. The van der Waals surface area contributed by atoms with Crippen LogP contribution in [0.1, 0.15) is 24.1 Å². The van der Waals surface area contributed by atoms with Crippen LogP contribution in [-0.2, 0) is 16.1 Å². The van der Waals surface area contributed by atoms with Gasteiger partial charge < -0.3 is 0 Å². The van der Waals surface area contributed by atoms with Gasteiger partial charge in [0.2, 0.25) is 0 Å². The summed E-state index contributed by atoms with van der Waals surface area (Å²) in [6.07, 6.45) is 4.82. The third kappa shape index (κ3) is 2.26. The van der Waals surface area contributed by atoms with Crippen LogP contribution in [0.3, 0.4) is 0 Å². The summed E-state index contributed by atoms with van der Waals surface area (Å²) in [6.45, 7) is 1.98. The molecule has 4 heteroatoms. The van der Waals surface area contributed by atoms with E-state index >= 15 is 0 Å². The van der Waals surface area contributed by atoms with Crippen molar-refractivity contribution in [1.29, 1.82) is 0 Å². The van der Waals surface area contributed by atoms with Crippen LogP contribution in [-0.4, -0.2) is 27.2 Å². The minimum Gasteiger partial charge on any atom is -0.261 e. The van der Waals surface area contributed by atoms with Gasteiger partial charge in [-0.05, 0) is 37.8 Å². The van der Waals surface area contributed by atoms with Crippen molar-refractivity contribution < 1.29 is 4.21 Å². The van der Waals surface area contributed by atoms with Crippen LogP contribution in [0.2, 0.25) is 0 Å². The predicted molar refractivity (Wildman–Crippen MR) is 67.1 cm³/mol. The Morgan fingerprint density at radius 2 is 2.38 bits per heavy atom. The van der Waals surface area contributed by atoms with Gasteiger partial charge in [-0.25, -0.2) is 8.57 Å². The quantitative estimate of drug-likeness (QED) is 0.792. The zero-order valence-electron chi connectivity index (χ0n) is 9.85. The van der Waals surface area contributed by atoms with Gasteiger partial charge in [0.1, 0.15) is 0 Å². The highest BCUT2D eigenvalue weighted by Crippen LogP contribution is 2.25. The smallest absolute Gasteiger partial charge is 0.0497 e. The molecule has 2 atom stereocenters. The van der Waals surface area contributed by atoms with Gasteiger partial charge in [0.15, 0.2) is 0 Å². The number of rotatable bonds is 2. The Kier molecular flexibility index (Phi) is 3.28. The molecule has 1 aromatic rings. The molecule has 0 bridgehead atoms. The SMILES string of the molecule is CN=S1(=O)CCCC1Cc1ccc(C)nc1. The maximum Gasteiger partial charge on any atom is 0.0497 e. The van der Waals surface area contributed by atoms with Gasteiger partial charge in [-0.15, -0.1) is 0 Å². The summed E-state index contributed by atoms with van der Waals surface area (Å²) >= 11 is 0. The summed E-state index contributed by atoms with van der Waals surface area (Å²) < 4.78 is 16.5. The molecule has 0 amide bonds. The lowest BCUT2D eigenvalue weighted by molar-refractivity contribution is 0.666. The highest BCUT2D eigenvalue weighted by atomic mass is 32.2. The Labute approximate surface area is 97.5 Å². The molecular weight excluding hydrogens is 220 g/mol. The third-order valence-corrected chi connectivity index (χ3v) is 6.16. The van der Waals surface area contributed by atoms with Crippen LogP contribution in [0.25, 0.3) is 0 Å². The number of hydrogen-bond donors (Lipinski definition) is 0. The molecular formula is C12H18N2OS. The molecule has 1 fully saturated rings. The minimum absolute atomic E-state index is 0.224. The Morgan fingerprint density at radius 3 is 3.00 bits per heavy atom. The summed E-state index contributed by atoms with van der Waals surface area (Å²) in [7, 11) is -0.255. The van der Waals surface area contributed by atoms with Crippen LogP contribution in [0.15, 0.2) is 22.7 Å². The zero-order valence-corrected chi connectivity index (χ0v) is 10.7. The highest BCUT2D eigenvalue weighted by Gasteiger charge is 2.28. The van der Waals surface area contributed by atoms with E-state index in [0.717, 1.165) is 30.7 Å². The summed E-state index contributed by atoms with van der Waals surface area (Å²) in [5.74, 6) is 0.771. The first-order valence-electron chi connectivity index (χ1n) is 5.67. The van der Waals surface area contributed by atoms with Crippen molar-refractivity contribution in [3.8, 4) is 0 Å². The predicted octanol–water partition coefficient (Wildman–Crippen LogP) is 2.19. The van der Waals surface area contributed by atoms with Crippen LogP contribution in [0.4, 0.5) is 0 Å². The highest BCUT2D eigenvalue weighted by molar-refractivity contribution is 7.94. The molecule has 1 saturated heterocycles. The average molecular weight is 238 g/mol. The van der Waals surface area contributed by atoms with Gasteiger partial charge in [-0.1, -0.05) is 6.07 Å². The van der Waals surface area contributed by atoms with Crippen LogP contribution in [0, 0.1) is 6.92 Å². The Morgan fingerprint density at radius 1 is 1.56 bits per heavy atom. The van der Waals surface area contributed by atoms with Gasteiger partial charge in [0.05, 0.1) is 0 Å². The van der Waals surface area contributed by atoms with Crippen molar-refractivity contribution in [1.82, 2.24) is 4.98 Å². The van der Waals surface area contributed by atoms with Gasteiger partial charge >= 0.3 is 0 Å². The fraction of sp³-hybridized carbons (Fsp3) is 0.583. The lowest BCUT2D eigenvalue weighted by atomic mass is 10.1. The molecule has 1 aliphatic rings. The molecule has 0 N–H and O–H groups in total. The lowest BCUT2D eigenvalue weighted by Gasteiger charge is -2.12. The van der Waals surface area contributed by atoms with E-state index in [1.54, 1.807) is 7.05 Å². The molecule has 3 nitrogen and oxygen atoms in total. The minimum atomic E-state index is -1.94. The summed E-state index contributed by atoms with van der Waals surface area (Å²) in [4.78, 5) is 4.27. The molecule has 2 heterocycles. The maximum absolute atomic E-state index is 12.4. The maximum atomic E-state index is 12.4. The fourth-order valence-electron chi connectivity index (χ4n) is 2.22. The fourth-order valence-corrected chi connectivity index (χ4v) is 4.61. The Balaban J connectivity index is 2.16. The Bertz CT molecular complexity index is 472. The molecule has 2 rings (SSSR count). The van der Waals surface area contributed by atoms with Gasteiger partial charge in [-0.3, -0.25) is 4.98 Å². The Hall–Kier alpha value is -0.900. The molecule has 0 radical (unpaired) electrons. The molecule has 0 saturated carbocycles. The van der Waals surface area contributed by atoms with Gasteiger partial charge in [0, 0.05) is 39.7 Å². The number of nitrogens with zero attached hydrogens (tertiary/aromatic N) is 2. The lowest BCUT2D eigenvalue weighted by Crippen LogP contribution is -2.18. The normalized spacial score (nSPS) is 29.2. The molecule has 0 aromatic carbocycles. The first-order chi connectivity index (χ1) is 7.64. The molecule has 88 valence electrons. The van der Waals surface area contributed by atoms with Gasteiger partial charge in [-0.2, -0.15) is 0 Å². The standard InChI is InChI=1S/C12H18N2OS/c1-10-5-6-11(9-14-10)8-12-4-3-7-16(12,15)13-2/h5-6,9,12H,3-4,7-8H2,1-2H3. The van der Waals surface area contributed by atoms with Crippen molar-refractivity contribution in [2.45, 2.75) is 31.4 Å². The van der Waals surface area contributed by atoms with E-state index in [4.69, 9.17) is 0 Å². The van der Waals surface area contributed by atoms with Crippen molar-refractivity contribution in [2.75, 3.05) is 12.8 Å². The van der Waals surface area contributed by atoms with Crippen LogP contribution in [0.5, 0.6) is 0 Å². The van der Waals surface area contributed by atoms with Crippen molar-refractivity contribution in [3.63, 3.8) is 0 Å². The van der Waals surface area contributed by atoms with E-state index in [1.165, 1.54) is 5.56 Å². The monoisotopic (exact) mass is 238 g/mol. The molecule has 1 aliphatic heterocycles. The average Bonchev–Trinajstić information content (AvgIpc) is 2.65. The number of pyridine rings is 1. The second-order valence-corrected chi connectivity index (χ2v) is 7.17. The summed E-state index contributed by atoms with van der Waals surface area (Å²) in [5.41, 5.74) is 2.20. The second kappa shape index (κ2) is 4.53. The van der Waals surface area contributed by atoms with Crippen LogP contribution < -0.4 is 0 Å². The van der Waals surface area contributed by atoms with Crippen LogP contribution >= 0.6 is 0 Å². The van der Waals surface area contributed by atoms with E-state index in [0.29, 0.717) is 0 Å². The molecule has 16 heavy (non-hydrogen) atoms. The van der Waals surface area contributed by atoms with Gasteiger partial charge in [0.25, 0.3) is 0 Å². The van der Waals surface area contributed by atoms with Crippen molar-refractivity contribution in [3.05, 3.63) is 29.6 Å². The second-order valence-electron chi connectivity index (χ2n) is 4.35. The zero-order chi connectivity index (χ0) is 11.6. The van der Waals surface area contributed by atoms with E-state index < -0.39 is 9.73 Å². The molecule has 1 aromatic heterocycles. The first-order valence-corrected chi connectivity index (χ1v) is 7.42. The van der Waals surface area contributed by atoms with E-state index in [9.17, 15) is 4.21 Å². The van der Waals surface area contributed by atoms with Crippen molar-refractivity contribution in [2.24, 2.45) is 4.36 Å².